The molecule has 0 fully saturated rings. The van der Waals surface area contributed by atoms with Crippen molar-refractivity contribution in [1.29, 1.82) is 0 Å². The minimum absolute atomic E-state index is 0.0279. The van der Waals surface area contributed by atoms with Gasteiger partial charge in [0, 0.05) is 0 Å². The van der Waals surface area contributed by atoms with E-state index >= 15 is 0 Å². The summed E-state index contributed by atoms with van der Waals surface area (Å²) in [6.07, 6.45) is 0.331. The van der Waals surface area contributed by atoms with Gasteiger partial charge < -0.3 is 14.2 Å². The average Bonchev–Trinajstić information content (AvgIpc) is 2.47. The average molecular weight is 294 g/mol. The fourth-order valence-electron chi connectivity index (χ4n) is 2.34. The first-order chi connectivity index (χ1) is 10.0. The normalized spacial score (nSPS) is 14.0. The molecule has 2 atom stereocenters. The Hall–Kier alpha value is -1.39. The van der Waals surface area contributed by atoms with Crippen LogP contribution >= 0.6 is 0 Å². The van der Waals surface area contributed by atoms with E-state index in [9.17, 15) is 4.79 Å². The molecule has 4 nitrogen and oxygen atoms in total. The lowest BCUT2D eigenvalue weighted by Crippen LogP contribution is -2.30. The third-order valence-corrected chi connectivity index (χ3v) is 3.39. The van der Waals surface area contributed by atoms with E-state index in [-0.39, 0.29) is 24.8 Å². The van der Waals surface area contributed by atoms with E-state index in [1.54, 1.807) is 0 Å². The quantitative estimate of drug-likeness (QED) is 0.398. The van der Waals surface area contributed by atoms with Gasteiger partial charge in [0.05, 0.1) is 26.2 Å². The molecular weight excluding hydrogens is 268 g/mol. The second-order valence-corrected chi connectivity index (χ2v) is 5.58. The van der Waals surface area contributed by atoms with Crippen LogP contribution in [0.15, 0.2) is 30.3 Å². The standard InChI is InChI=1S/C17H26O4/c1-13(2)17(14(3)10-16(18)19-4)21-12-20-11-15-8-6-5-7-9-15/h5-9,13-14,17H,10-12H2,1-4H3/t14-,17+/m0/s1. The first-order valence-corrected chi connectivity index (χ1v) is 7.34. The molecule has 0 saturated carbocycles. The van der Waals surface area contributed by atoms with Gasteiger partial charge in [-0.1, -0.05) is 51.1 Å². The minimum Gasteiger partial charge on any atom is -0.469 e. The number of esters is 1. The van der Waals surface area contributed by atoms with Gasteiger partial charge in [0.15, 0.2) is 0 Å². The number of hydrogen-bond donors (Lipinski definition) is 0. The van der Waals surface area contributed by atoms with Gasteiger partial charge in [-0.25, -0.2) is 0 Å². The molecule has 0 unspecified atom stereocenters. The van der Waals surface area contributed by atoms with E-state index in [0.717, 1.165) is 5.56 Å². The van der Waals surface area contributed by atoms with Crippen molar-refractivity contribution >= 4 is 5.97 Å². The zero-order valence-corrected chi connectivity index (χ0v) is 13.4. The van der Waals surface area contributed by atoms with E-state index < -0.39 is 0 Å². The Morgan fingerprint density at radius 2 is 1.81 bits per heavy atom. The maximum Gasteiger partial charge on any atom is 0.305 e. The van der Waals surface area contributed by atoms with Crippen LogP contribution in [-0.4, -0.2) is 26.0 Å². The summed E-state index contributed by atoms with van der Waals surface area (Å²) in [5, 5.41) is 0. The van der Waals surface area contributed by atoms with Crippen molar-refractivity contribution < 1.29 is 19.0 Å². The van der Waals surface area contributed by atoms with Crippen molar-refractivity contribution in [1.82, 2.24) is 0 Å². The highest BCUT2D eigenvalue weighted by Gasteiger charge is 2.24. The van der Waals surface area contributed by atoms with Crippen molar-refractivity contribution in [2.45, 2.75) is 39.9 Å². The van der Waals surface area contributed by atoms with Gasteiger partial charge in [-0.2, -0.15) is 0 Å². The van der Waals surface area contributed by atoms with Crippen LogP contribution in [0, 0.1) is 11.8 Å². The number of carbonyl (C=O) groups is 1. The summed E-state index contributed by atoms with van der Waals surface area (Å²) in [4.78, 5) is 11.4. The summed E-state index contributed by atoms with van der Waals surface area (Å²) in [6, 6.07) is 9.96. The SMILES string of the molecule is COC(=O)C[C@H](C)[C@H](OCOCc1ccccc1)C(C)C. The van der Waals surface area contributed by atoms with Crippen LogP contribution in [-0.2, 0) is 25.6 Å². The Balaban J connectivity index is 2.35. The lowest BCUT2D eigenvalue weighted by atomic mass is 9.92. The Kier molecular flexibility index (Phi) is 8.01. The fourth-order valence-corrected chi connectivity index (χ4v) is 2.34. The smallest absolute Gasteiger partial charge is 0.305 e. The van der Waals surface area contributed by atoms with Gasteiger partial charge in [-0.15, -0.1) is 0 Å². The summed E-state index contributed by atoms with van der Waals surface area (Å²) in [6.45, 7) is 6.91. The summed E-state index contributed by atoms with van der Waals surface area (Å²) in [5.74, 6) is 0.199. The molecule has 0 aliphatic rings. The molecule has 0 heterocycles. The van der Waals surface area contributed by atoms with E-state index in [1.807, 2.05) is 37.3 Å². The maximum absolute atomic E-state index is 11.4. The summed E-state index contributed by atoms with van der Waals surface area (Å²) in [7, 11) is 1.41. The van der Waals surface area contributed by atoms with Crippen molar-refractivity contribution in [2.75, 3.05) is 13.9 Å². The summed E-state index contributed by atoms with van der Waals surface area (Å²) < 4.78 is 16.1. The fraction of sp³-hybridized carbons (Fsp3) is 0.588. The highest BCUT2D eigenvalue weighted by Crippen LogP contribution is 2.20. The van der Waals surface area contributed by atoms with Crippen LogP contribution in [0.4, 0.5) is 0 Å². The van der Waals surface area contributed by atoms with E-state index in [1.165, 1.54) is 7.11 Å². The molecule has 0 aromatic heterocycles. The molecule has 0 bridgehead atoms. The largest absolute Gasteiger partial charge is 0.469 e. The van der Waals surface area contributed by atoms with E-state index in [0.29, 0.717) is 18.9 Å². The zero-order valence-electron chi connectivity index (χ0n) is 13.4. The highest BCUT2D eigenvalue weighted by atomic mass is 16.7. The van der Waals surface area contributed by atoms with Crippen molar-refractivity contribution in [3.05, 3.63) is 35.9 Å². The molecule has 118 valence electrons. The molecule has 0 aliphatic heterocycles. The maximum atomic E-state index is 11.4. The molecular formula is C17H26O4. The molecule has 0 aliphatic carbocycles. The molecule has 0 spiro atoms. The molecule has 0 N–H and O–H groups in total. The number of ether oxygens (including phenoxy) is 3. The van der Waals surface area contributed by atoms with E-state index in [4.69, 9.17) is 14.2 Å². The van der Waals surface area contributed by atoms with Crippen LogP contribution in [0.3, 0.4) is 0 Å². The van der Waals surface area contributed by atoms with Crippen molar-refractivity contribution in [2.24, 2.45) is 11.8 Å². The Morgan fingerprint density at radius 3 is 2.38 bits per heavy atom. The third kappa shape index (κ3) is 6.74. The molecule has 0 saturated heterocycles. The molecule has 0 amide bonds. The Morgan fingerprint density at radius 1 is 1.14 bits per heavy atom. The van der Waals surface area contributed by atoms with Gasteiger partial charge >= 0.3 is 5.97 Å². The van der Waals surface area contributed by atoms with Crippen molar-refractivity contribution in [3.63, 3.8) is 0 Å². The molecule has 1 aromatic carbocycles. The minimum atomic E-state index is -0.207. The lowest BCUT2D eigenvalue weighted by Gasteiger charge is -2.27. The van der Waals surface area contributed by atoms with Crippen LogP contribution < -0.4 is 0 Å². The van der Waals surface area contributed by atoms with Gasteiger partial charge in [0.25, 0.3) is 0 Å². The van der Waals surface area contributed by atoms with Crippen LogP contribution in [0.1, 0.15) is 32.8 Å². The molecule has 1 aromatic rings. The van der Waals surface area contributed by atoms with Gasteiger partial charge in [-0.05, 0) is 17.4 Å². The first kappa shape index (κ1) is 17.7. The summed E-state index contributed by atoms with van der Waals surface area (Å²) in [5.41, 5.74) is 1.12. The number of rotatable bonds is 9. The van der Waals surface area contributed by atoms with E-state index in [2.05, 4.69) is 13.8 Å². The molecule has 21 heavy (non-hydrogen) atoms. The number of methoxy groups -OCH3 is 1. The molecule has 4 heteroatoms. The topological polar surface area (TPSA) is 44.8 Å². The monoisotopic (exact) mass is 294 g/mol. The second kappa shape index (κ2) is 9.53. The number of hydrogen-bond acceptors (Lipinski definition) is 4. The van der Waals surface area contributed by atoms with Crippen LogP contribution in [0.25, 0.3) is 0 Å². The zero-order chi connectivity index (χ0) is 15.7. The van der Waals surface area contributed by atoms with Crippen LogP contribution in [0.2, 0.25) is 0 Å². The Labute approximate surface area is 127 Å². The first-order valence-electron chi connectivity index (χ1n) is 7.34. The Bertz CT molecular complexity index is 403. The van der Waals surface area contributed by atoms with Gasteiger partial charge in [0.1, 0.15) is 6.79 Å². The van der Waals surface area contributed by atoms with Gasteiger partial charge in [0.2, 0.25) is 0 Å². The number of benzene rings is 1. The highest BCUT2D eigenvalue weighted by molar-refractivity contribution is 5.69. The molecule has 1 rings (SSSR count). The summed E-state index contributed by atoms with van der Waals surface area (Å²) >= 11 is 0. The number of carbonyl (C=O) groups excluding carboxylic acids is 1. The lowest BCUT2D eigenvalue weighted by molar-refractivity contribution is -0.148. The second-order valence-electron chi connectivity index (χ2n) is 5.58. The van der Waals surface area contributed by atoms with Crippen molar-refractivity contribution in [3.8, 4) is 0 Å². The molecule has 0 radical (unpaired) electrons. The third-order valence-electron chi connectivity index (χ3n) is 3.39. The van der Waals surface area contributed by atoms with Crippen LogP contribution in [0.5, 0.6) is 0 Å². The van der Waals surface area contributed by atoms with Gasteiger partial charge in [-0.3, -0.25) is 4.79 Å². The predicted octanol–water partition coefficient (Wildman–Crippen LogP) is 3.40. The predicted molar refractivity (Wildman–Crippen MR) is 81.6 cm³/mol.